The molecule has 0 saturated carbocycles. The summed E-state index contributed by atoms with van der Waals surface area (Å²) in [6.07, 6.45) is -4.72. The Hall–Kier alpha value is -0.523. The van der Waals surface area contributed by atoms with Crippen molar-refractivity contribution in [3.8, 4) is 0 Å². The summed E-state index contributed by atoms with van der Waals surface area (Å²) < 4.78 is 36.7. The molecule has 0 bridgehead atoms. The molecule has 2 nitrogen and oxygen atoms in total. The van der Waals surface area contributed by atoms with Crippen LogP contribution in [0, 0.1) is 5.41 Å². The molecule has 14 heavy (non-hydrogen) atoms. The largest absolute Gasteiger partial charge is 0.470 e. The highest BCUT2D eigenvalue weighted by Gasteiger charge is 2.40. The summed E-state index contributed by atoms with van der Waals surface area (Å²) in [6.45, 7) is 5.85. The molecule has 0 aromatic rings. The fraction of sp³-hybridized carbons (Fsp3) is 0.875. The van der Waals surface area contributed by atoms with Crippen LogP contribution >= 0.6 is 0 Å². The number of carbonyl (C=O) groups excluding carboxylic acids is 1. The maximum absolute atomic E-state index is 12.0. The van der Waals surface area contributed by atoms with Crippen molar-refractivity contribution in [1.82, 2.24) is 4.57 Å². The van der Waals surface area contributed by atoms with Gasteiger partial charge in [-0.2, -0.15) is 13.2 Å². The van der Waals surface area contributed by atoms with Crippen molar-refractivity contribution >= 4 is 15.6 Å². The highest BCUT2D eigenvalue weighted by atomic mass is 28.2. The van der Waals surface area contributed by atoms with E-state index in [0.717, 1.165) is 4.57 Å². The number of halogens is 3. The number of carbonyl (C=O) groups is 1. The lowest BCUT2D eigenvalue weighted by Crippen LogP contribution is -2.41. The second kappa shape index (κ2) is 4.33. The molecule has 0 unspecified atom stereocenters. The number of hydrogen-bond donors (Lipinski definition) is 0. The van der Waals surface area contributed by atoms with Gasteiger partial charge in [0.25, 0.3) is 0 Å². The Kier molecular flexibility index (Phi) is 4.17. The molecule has 0 aliphatic rings. The van der Waals surface area contributed by atoms with E-state index in [1.54, 1.807) is 0 Å². The predicted molar refractivity (Wildman–Crippen MR) is 51.6 cm³/mol. The van der Waals surface area contributed by atoms with Gasteiger partial charge in [0.05, 0.1) is 0 Å². The van der Waals surface area contributed by atoms with Gasteiger partial charge in [0.15, 0.2) is 0 Å². The van der Waals surface area contributed by atoms with Crippen molar-refractivity contribution in [2.24, 2.45) is 5.41 Å². The predicted octanol–water partition coefficient (Wildman–Crippen LogP) is 1.56. The molecule has 0 saturated heterocycles. The first-order chi connectivity index (χ1) is 6.04. The van der Waals surface area contributed by atoms with Crippen LogP contribution in [-0.4, -0.2) is 33.4 Å². The van der Waals surface area contributed by atoms with Crippen LogP contribution in [-0.2, 0) is 4.79 Å². The van der Waals surface area contributed by atoms with E-state index in [1.807, 2.05) is 20.8 Å². The van der Waals surface area contributed by atoms with Crippen molar-refractivity contribution in [2.45, 2.75) is 33.0 Å². The van der Waals surface area contributed by atoms with Crippen LogP contribution in [0.1, 0.15) is 20.8 Å². The van der Waals surface area contributed by atoms with E-state index in [4.69, 9.17) is 0 Å². The second-order valence-electron chi connectivity index (χ2n) is 4.54. The minimum absolute atomic E-state index is 0.00758. The smallest absolute Gasteiger partial charge is 0.370 e. The Bertz CT molecular complexity index is 210. The Balaban J connectivity index is 4.11. The summed E-state index contributed by atoms with van der Waals surface area (Å²) >= 11 is 0. The number of rotatable bonds is 2. The normalized spacial score (nSPS) is 13.6. The minimum Gasteiger partial charge on any atom is -0.370 e. The molecule has 0 fully saturated rings. The number of alkyl halides is 3. The van der Waals surface area contributed by atoms with Crippen LogP contribution < -0.4 is 0 Å². The molecule has 0 spiro atoms. The molecule has 0 aliphatic carbocycles. The molecule has 0 radical (unpaired) electrons. The molecular weight excluding hydrogens is 211 g/mol. The van der Waals surface area contributed by atoms with Crippen LogP contribution in [0.3, 0.4) is 0 Å². The van der Waals surface area contributed by atoms with Crippen molar-refractivity contribution < 1.29 is 18.0 Å². The van der Waals surface area contributed by atoms with Crippen molar-refractivity contribution in [3.63, 3.8) is 0 Å². The molecule has 0 aromatic carbocycles. The van der Waals surface area contributed by atoms with E-state index < -0.39 is 21.8 Å². The fourth-order valence-corrected chi connectivity index (χ4v) is 2.21. The van der Waals surface area contributed by atoms with E-state index in [9.17, 15) is 18.0 Å². The average molecular weight is 227 g/mol. The molecule has 84 valence electrons. The van der Waals surface area contributed by atoms with Gasteiger partial charge in [-0.05, 0) is 11.5 Å². The zero-order valence-electron chi connectivity index (χ0n) is 8.90. The summed E-state index contributed by atoms with van der Waals surface area (Å²) in [5.74, 6) is -1.71. The van der Waals surface area contributed by atoms with E-state index in [1.165, 1.54) is 7.05 Å². The van der Waals surface area contributed by atoms with Crippen LogP contribution in [0.5, 0.6) is 0 Å². The summed E-state index contributed by atoms with van der Waals surface area (Å²) in [7, 11) is 0.0980. The monoisotopic (exact) mass is 227 g/mol. The molecule has 0 aromatic heterocycles. The lowest BCUT2D eigenvalue weighted by atomic mass is 10.0. The molecular formula is C8H16F3NOSi. The summed E-state index contributed by atoms with van der Waals surface area (Å²) in [4.78, 5) is 10.7. The summed E-state index contributed by atoms with van der Waals surface area (Å²) in [5.41, 5.74) is -0.00758. The zero-order valence-corrected chi connectivity index (χ0v) is 10.3. The molecule has 0 atom stereocenters. The molecule has 0 aliphatic heterocycles. The Morgan fingerprint density at radius 2 is 1.71 bits per heavy atom. The van der Waals surface area contributed by atoms with Crippen LogP contribution in [0.15, 0.2) is 0 Å². The van der Waals surface area contributed by atoms with Gasteiger partial charge in [0, 0.05) is 7.05 Å². The molecule has 6 heteroatoms. The first-order valence-electron chi connectivity index (χ1n) is 4.36. The second-order valence-corrected chi connectivity index (χ2v) is 6.43. The lowest BCUT2D eigenvalue weighted by molar-refractivity contribution is -0.179. The van der Waals surface area contributed by atoms with Gasteiger partial charge < -0.3 is 4.57 Å². The molecule has 0 heterocycles. The maximum Gasteiger partial charge on any atom is 0.470 e. The minimum atomic E-state index is -4.72. The molecule has 0 N–H and O–H groups in total. The zero-order chi connectivity index (χ0) is 11.6. The summed E-state index contributed by atoms with van der Waals surface area (Å²) in [6, 6.07) is 0.686. The van der Waals surface area contributed by atoms with E-state index in [2.05, 4.69) is 0 Å². The fourth-order valence-electron chi connectivity index (χ4n) is 0.821. The van der Waals surface area contributed by atoms with Gasteiger partial charge >= 0.3 is 12.1 Å². The Morgan fingerprint density at radius 3 is 2.00 bits per heavy atom. The number of amides is 1. The van der Waals surface area contributed by atoms with Crippen LogP contribution in [0.2, 0.25) is 6.04 Å². The average Bonchev–Trinajstić information content (AvgIpc) is 1.95. The van der Waals surface area contributed by atoms with Gasteiger partial charge in [-0.25, -0.2) is 0 Å². The lowest BCUT2D eigenvalue weighted by Gasteiger charge is -2.23. The van der Waals surface area contributed by atoms with Gasteiger partial charge in [0.2, 0.25) is 0 Å². The van der Waals surface area contributed by atoms with Gasteiger partial charge in [-0.3, -0.25) is 4.79 Å². The first-order valence-corrected chi connectivity index (χ1v) is 5.99. The highest BCUT2D eigenvalue weighted by Crippen LogP contribution is 2.21. The third-order valence-electron chi connectivity index (χ3n) is 1.79. The first kappa shape index (κ1) is 13.5. The van der Waals surface area contributed by atoms with E-state index in [0.29, 0.717) is 6.04 Å². The topological polar surface area (TPSA) is 20.3 Å². The third-order valence-corrected chi connectivity index (χ3v) is 4.47. The molecule has 0 rings (SSSR count). The molecule has 1 amide bonds. The van der Waals surface area contributed by atoms with E-state index in [-0.39, 0.29) is 5.41 Å². The van der Waals surface area contributed by atoms with Crippen molar-refractivity contribution in [1.29, 1.82) is 0 Å². The number of hydrogen-bond acceptors (Lipinski definition) is 1. The van der Waals surface area contributed by atoms with E-state index >= 15 is 0 Å². The van der Waals surface area contributed by atoms with Gasteiger partial charge in [-0.1, -0.05) is 20.8 Å². The third kappa shape index (κ3) is 5.26. The van der Waals surface area contributed by atoms with Gasteiger partial charge in [-0.15, -0.1) is 0 Å². The van der Waals surface area contributed by atoms with Crippen LogP contribution in [0.25, 0.3) is 0 Å². The number of nitrogens with zero attached hydrogens (tertiary/aromatic N) is 1. The van der Waals surface area contributed by atoms with Crippen LogP contribution in [0.4, 0.5) is 13.2 Å². The SMILES string of the molecule is CN([SiH2]CC(C)(C)C)C(=O)C(F)(F)F. The standard InChI is InChI=1S/C8H16F3NOSi/c1-7(2,3)5-14-12(4)6(13)8(9,10)11/h5,14H2,1-4H3. The maximum atomic E-state index is 12.0. The summed E-state index contributed by atoms with van der Waals surface area (Å²) in [5, 5.41) is 0. The quantitative estimate of drug-likeness (QED) is 0.656. The van der Waals surface area contributed by atoms with Gasteiger partial charge in [0.1, 0.15) is 9.68 Å². The van der Waals surface area contributed by atoms with Crippen molar-refractivity contribution in [3.05, 3.63) is 0 Å². The van der Waals surface area contributed by atoms with Crippen molar-refractivity contribution in [2.75, 3.05) is 7.05 Å². The highest BCUT2D eigenvalue weighted by molar-refractivity contribution is 6.37. The Morgan fingerprint density at radius 1 is 1.29 bits per heavy atom. The Labute approximate surface area is 84.4 Å².